The lowest BCUT2D eigenvalue weighted by atomic mass is 10.0. The molecule has 0 fully saturated rings. The van der Waals surface area contributed by atoms with Gasteiger partial charge in [-0.1, -0.05) is 53.6 Å². The third-order valence-corrected chi connectivity index (χ3v) is 6.38. The van der Waals surface area contributed by atoms with Crippen LogP contribution in [0.1, 0.15) is 17.5 Å². The molecule has 0 spiro atoms. The van der Waals surface area contributed by atoms with E-state index < -0.39 is 6.17 Å². The molecule has 0 radical (unpaired) electrons. The first-order valence-corrected chi connectivity index (χ1v) is 12.1. The number of nitrogens with zero attached hydrogens (tertiary/aromatic N) is 6. The number of aliphatic imine (C=N–C) groups is 1. The van der Waals surface area contributed by atoms with Crippen molar-refractivity contribution >= 4 is 29.1 Å². The fourth-order valence-corrected chi connectivity index (χ4v) is 4.65. The number of amides is 1. The second-order valence-electron chi connectivity index (χ2n) is 8.78. The molecule has 2 aliphatic heterocycles. The normalized spacial score (nSPS) is 16.9. The summed E-state index contributed by atoms with van der Waals surface area (Å²) in [4.78, 5) is 20.1. The molecule has 0 aliphatic carbocycles. The SMILES string of the molecule is COCCN1CCCn2ncc(-c3nnc(N[C@H]4N=C(c5ccccc5)c5ccccc5NC4=O)o3)c21. The number of para-hydroxylation sites is 1. The zero-order valence-electron chi connectivity index (χ0n) is 20.3. The Labute approximate surface area is 213 Å². The van der Waals surface area contributed by atoms with E-state index in [0.717, 1.165) is 48.6 Å². The smallest absolute Gasteiger partial charge is 0.317 e. The summed E-state index contributed by atoms with van der Waals surface area (Å²) in [5.74, 6) is 0.912. The van der Waals surface area contributed by atoms with Crippen LogP contribution in [0.5, 0.6) is 0 Å². The van der Waals surface area contributed by atoms with Crippen LogP contribution in [0.2, 0.25) is 0 Å². The summed E-state index contributed by atoms with van der Waals surface area (Å²) in [7, 11) is 1.69. The van der Waals surface area contributed by atoms with Gasteiger partial charge in [-0.25, -0.2) is 9.67 Å². The number of fused-ring (bicyclic) bond motifs is 2. The Balaban J connectivity index is 1.31. The largest absolute Gasteiger partial charge is 0.403 e. The maximum absolute atomic E-state index is 13.1. The zero-order valence-corrected chi connectivity index (χ0v) is 20.3. The summed E-state index contributed by atoms with van der Waals surface area (Å²) in [5.41, 5.74) is 3.84. The number of ether oxygens (including phenoxy) is 1. The van der Waals surface area contributed by atoms with Crippen molar-refractivity contribution in [3.63, 3.8) is 0 Å². The monoisotopic (exact) mass is 498 g/mol. The maximum Gasteiger partial charge on any atom is 0.317 e. The first-order chi connectivity index (χ1) is 18.2. The first-order valence-electron chi connectivity index (χ1n) is 12.1. The molecule has 11 nitrogen and oxygen atoms in total. The number of carbonyl (C=O) groups excluding carboxylic acids is 1. The fraction of sp³-hybridized carbons (Fsp3) is 0.269. The van der Waals surface area contributed by atoms with Gasteiger partial charge in [0.2, 0.25) is 6.17 Å². The molecule has 2 aromatic heterocycles. The van der Waals surface area contributed by atoms with Gasteiger partial charge in [-0.15, -0.1) is 5.10 Å². The molecule has 6 rings (SSSR count). The molecule has 2 aromatic carbocycles. The van der Waals surface area contributed by atoms with Gasteiger partial charge in [-0.2, -0.15) is 5.10 Å². The Morgan fingerprint density at radius 3 is 2.78 bits per heavy atom. The number of methoxy groups -OCH3 is 1. The topological polar surface area (TPSA) is 123 Å². The Bertz CT molecular complexity index is 1450. The standard InChI is InChI=1S/C26H26N8O3/c1-36-15-14-33-12-7-13-34-25(33)19(16-27-34)24-31-32-26(37-24)30-22-23(35)28-20-11-6-5-10-18(20)21(29-22)17-8-3-2-4-9-17/h2-6,8-11,16,22H,7,12-15H2,1H3,(H,28,35)(H,30,32)/t22-/m1/s1. The third-order valence-electron chi connectivity index (χ3n) is 6.38. The minimum absolute atomic E-state index is 0.0940. The minimum Gasteiger partial charge on any atom is -0.403 e. The molecular weight excluding hydrogens is 472 g/mol. The zero-order chi connectivity index (χ0) is 25.2. The van der Waals surface area contributed by atoms with Gasteiger partial charge < -0.3 is 24.7 Å². The number of hydrogen-bond acceptors (Lipinski definition) is 9. The van der Waals surface area contributed by atoms with Gasteiger partial charge >= 0.3 is 6.01 Å². The lowest BCUT2D eigenvalue weighted by Crippen LogP contribution is -2.35. The number of rotatable bonds is 7. The van der Waals surface area contributed by atoms with Crippen molar-refractivity contribution in [3.8, 4) is 11.5 Å². The number of aryl methyl sites for hydroxylation is 1. The van der Waals surface area contributed by atoms with Crippen LogP contribution in [0, 0.1) is 0 Å². The highest BCUT2D eigenvalue weighted by atomic mass is 16.5. The molecule has 188 valence electrons. The predicted octanol–water partition coefficient (Wildman–Crippen LogP) is 3.02. The highest BCUT2D eigenvalue weighted by Gasteiger charge is 2.29. The van der Waals surface area contributed by atoms with Gasteiger partial charge in [-0.3, -0.25) is 4.79 Å². The molecule has 4 heterocycles. The van der Waals surface area contributed by atoms with Crippen molar-refractivity contribution in [2.45, 2.75) is 19.1 Å². The average Bonchev–Trinajstić information content (AvgIpc) is 3.55. The third kappa shape index (κ3) is 4.45. The molecule has 2 N–H and O–H groups in total. The van der Waals surface area contributed by atoms with Gasteiger partial charge in [0.15, 0.2) is 0 Å². The van der Waals surface area contributed by atoms with Crippen molar-refractivity contribution in [2.75, 3.05) is 42.3 Å². The van der Waals surface area contributed by atoms with E-state index in [-0.39, 0.29) is 11.9 Å². The van der Waals surface area contributed by atoms with E-state index in [2.05, 4.69) is 30.8 Å². The minimum atomic E-state index is -0.977. The van der Waals surface area contributed by atoms with Crippen molar-refractivity contribution < 1.29 is 13.9 Å². The molecule has 1 amide bonds. The lowest BCUT2D eigenvalue weighted by molar-refractivity contribution is -0.116. The van der Waals surface area contributed by atoms with Crippen LogP contribution < -0.4 is 15.5 Å². The highest BCUT2D eigenvalue weighted by molar-refractivity contribution is 6.19. The number of benzene rings is 2. The Morgan fingerprint density at radius 2 is 1.92 bits per heavy atom. The number of nitrogens with one attached hydrogen (secondary N) is 2. The second-order valence-corrected chi connectivity index (χ2v) is 8.78. The predicted molar refractivity (Wildman–Crippen MR) is 139 cm³/mol. The summed E-state index contributed by atoms with van der Waals surface area (Å²) in [6.45, 7) is 3.04. The molecule has 11 heteroatoms. The van der Waals surface area contributed by atoms with Gasteiger partial charge in [0, 0.05) is 37.9 Å². The Hall–Kier alpha value is -4.51. The van der Waals surface area contributed by atoms with Crippen molar-refractivity contribution in [1.82, 2.24) is 20.0 Å². The van der Waals surface area contributed by atoms with Crippen LogP contribution in [0.3, 0.4) is 0 Å². The van der Waals surface area contributed by atoms with Gasteiger partial charge in [0.25, 0.3) is 11.8 Å². The van der Waals surface area contributed by atoms with Crippen LogP contribution >= 0.6 is 0 Å². The van der Waals surface area contributed by atoms with Crippen LogP contribution in [0.25, 0.3) is 11.5 Å². The lowest BCUT2D eigenvalue weighted by Gasteiger charge is -2.29. The summed E-state index contributed by atoms with van der Waals surface area (Å²) < 4.78 is 13.2. The van der Waals surface area contributed by atoms with Crippen LogP contribution in [-0.2, 0) is 16.1 Å². The van der Waals surface area contributed by atoms with Crippen molar-refractivity contribution in [3.05, 3.63) is 71.9 Å². The van der Waals surface area contributed by atoms with Gasteiger partial charge in [0.1, 0.15) is 11.4 Å². The molecule has 0 saturated heterocycles. The molecule has 4 aromatic rings. The van der Waals surface area contributed by atoms with Crippen LogP contribution in [-0.4, -0.2) is 64.6 Å². The second kappa shape index (κ2) is 9.86. The quantitative estimate of drug-likeness (QED) is 0.399. The van der Waals surface area contributed by atoms with Crippen LogP contribution in [0.15, 0.2) is 70.2 Å². The number of anilines is 3. The van der Waals surface area contributed by atoms with Crippen LogP contribution in [0.4, 0.5) is 17.5 Å². The van der Waals surface area contributed by atoms with E-state index in [1.54, 1.807) is 13.3 Å². The molecule has 0 bridgehead atoms. The van der Waals surface area contributed by atoms with E-state index in [0.29, 0.717) is 23.9 Å². The number of hydrogen-bond donors (Lipinski definition) is 2. The molecule has 0 saturated carbocycles. The molecule has 0 unspecified atom stereocenters. The highest BCUT2D eigenvalue weighted by Crippen LogP contribution is 2.33. The van der Waals surface area contributed by atoms with Gasteiger partial charge in [-0.05, 0) is 12.5 Å². The molecule has 37 heavy (non-hydrogen) atoms. The average molecular weight is 499 g/mol. The fourth-order valence-electron chi connectivity index (χ4n) is 4.65. The van der Waals surface area contributed by atoms with E-state index in [1.807, 2.05) is 59.3 Å². The summed E-state index contributed by atoms with van der Waals surface area (Å²) in [6.07, 6.45) is 1.75. The summed E-state index contributed by atoms with van der Waals surface area (Å²) in [6, 6.07) is 17.4. The number of carbonyl (C=O) groups is 1. The number of benzodiazepines with no additional fused rings is 1. The number of aromatic nitrogens is 4. The summed E-state index contributed by atoms with van der Waals surface area (Å²) in [5, 5.41) is 18.9. The molecule has 1 atom stereocenters. The van der Waals surface area contributed by atoms with Gasteiger partial charge in [0.05, 0.1) is 24.2 Å². The molecular formula is C26H26N8O3. The first kappa shape index (κ1) is 22.9. The maximum atomic E-state index is 13.1. The molecule has 2 aliphatic rings. The van der Waals surface area contributed by atoms with E-state index in [9.17, 15) is 4.79 Å². The summed E-state index contributed by atoms with van der Waals surface area (Å²) >= 11 is 0. The van der Waals surface area contributed by atoms with Crippen molar-refractivity contribution in [1.29, 1.82) is 0 Å². The van der Waals surface area contributed by atoms with Crippen molar-refractivity contribution in [2.24, 2.45) is 4.99 Å². The Morgan fingerprint density at radius 1 is 1.08 bits per heavy atom. The van der Waals surface area contributed by atoms with E-state index in [1.165, 1.54) is 0 Å². The van der Waals surface area contributed by atoms with E-state index >= 15 is 0 Å². The van der Waals surface area contributed by atoms with E-state index in [4.69, 9.17) is 14.1 Å². The Kier molecular flexibility index (Phi) is 6.11.